The van der Waals surface area contributed by atoms with Gasteiger partial charge in [0, 0.05) is 23.4 Å². The molecule has 2 aromatic carbocycles. The van der Waals surface area contributed by atoms with Gasteiger partial charge in [-0.25, -0.2) is 0 Å². The second kappa shape index (κ2) is 8.60. The Bertz CT molecular complexity index is 767. The van der Waals surface area contributed by atoms with Crippen molar-refractivity contribution in [3.05, 3.63) is 76.9 Å². The van der Waals surface area contributed by atoms with Gasteiger partial charge >= 0.3 is 0 Å². The molecule has 0 spiro atoms. The molecule has 0 amide bonds. The lowest BCUT2D eigenvalue weighted by atomic mass is 9.96. The number of nitrogens with one attached hydrogen (secondary N) is 1. The normalized spacial score (nSPS) is 11.8. The van der Waals surface area contributed by atoms with Gasteiger partial charge in [-0.1, -0.05) is 42.5 Å². The van der Waals surface area contributed by atoms with Gasteiger partial charge in [0.2, 0.25) is 0 Å². The first-order chi connectivity index (χ1) is 11.9. The lowest BCUT2D eigenvalue weighted by Crippen LogP contribution is -2.19. The standard InChI is InChI=1S/C21H25NO3/c1-14(2)21(24)25-12-11-22-19-8-6-5-7-18(19)20(23)17-10-9-15(3)13-16(17)4/h5-10,13,21-22,24H,1,11-12H2,2-4H3. The fourth-order valence-electron chi connectivity index (χ4n) is 2.55. The predicted octanol–water partition coefficient (Wildman–Crippen LogP) is 3.86. The highest BCUT2D eigenvalue weighted by Crippen LogP contribution is 2.21. The van der Waals surface area contributed by atoms with Crippen LogP contribution in [0, 0.1) is 13.8 Å². The Labute approximate surface area is 149 Å². The highest BCUT2D eigenvalue weighted by Gasteiger charge is 2.15. The fourth-order valence-corrected chi connectivity index (χ4v) is 2.55. The molecule has 1 atom stereocenters. The first kappa shape index (κ1) is 18.9. The molecule has 0 saturated carbocycles. The van der Waals surface area contributed by atoms with Crippen molar-refractivity contribution in [2.45, 2.75) is 27.1 Å². The number of aliphatic hydroxyl groups excluding tert-OH is 1. The largest absolute Gasteiger partial charge is 0.382 e. The zero-order chi connectivity index (χ0) is 18.4. The summed E-state index contributed by atoms with van der Waals surface area (Å²) in [6, 6.07) is 13.2. The number of rotatable bonds is 8. The van der Waals surface area contributed by atoms with Crippen molar-refractivity contribution in [2.75, 3.05) is 18.5 Å². The number of carbonyl (C=O) groups is 1. The molecule has 25 heavy (non-hydrogen) atoms. The maximum absolute atomic E-state index is 12.9. The molecule has 0 radical (unpaired) electrons. The number of anilines is 1. The van der Waals surface area contributed by atoms with E-state index in [0.717, 1.165) is 16.8 Å². The Morgan fingerprint density at radius 3 is 2.60 bits per heavy atom. The summed E-state index contributed by atoms with van der Waals surface area (Å²) < 4.78 is 5.25. The second-order valence-corrected chi connectivity index (χ2v) is 6.19. The summed E-state index contributed by atoms with van der Waals surface area (Å²) in [5, 5.41) is 12.8. The molecule has 1 unspecified atom stereocenters. The summed E-state index contributed by atoms with van der Waals surface area (Å²) in [6.45, 7) is 10.1. The van der Waals surface area contributed by atoms with Crippen LogP contribution < -0.4 is 5.32 Å². The number of carbonyl (C=O) groups excluding carboxylic acids is 1. The Kier molecular flexibility index (Phi) is 6.51. The van der Waals surface area contributed by atoms with Gasteiger partial charge in [-0.2, -0.15) is 0 Å². The van der Waals surface area contributed by atoms with E-state index in [1.165, 1.54) is 0 Å². The number of para-hydroxylation sites is 1. The lowest BCUT2D eigenvalue weighted by Gasteiger charge is -2.15. The summed E-state index contributed by atoms with van der Waals surface area (Å²) in [6.07, 6.45) is -0.964. The third kappa shape index (κ3) is 5.02. The first-order valence-corrected chi connectivity index (χ1v) is 8.30. The zero-order valence-corrected chi connectivity index (χ0v) is 15.0. The van der Waals surface area contributed by atoms with Crippen LogP contribution in [0.25, 0.3) is 0 Å². The van der Waals surface area contributed by atoms with Crippen molar-refractivity contribution < 1.29 is 14.6 Å². The van der Waals surface area contributed by atoms with Crippen LogP contribution in [0.4, 0.5) is 5.69 Å². The molecule has 0 saturated heterocycles. The molecule has 0 bridgehead atoms. The van der Waals surface area contributed by atoms with Crippen LogP contribution in [0.3, 0.4) is 0 Å². The average Bonchev–Trinajstić information content (AvgIpc) is 2.58. The Morgan fingerprint density at radius 2 is 1.92 bits per heavy atom. The quantitative estimate of drug-likeness (QED) is 0.332. The minimum Gasteiger partial charge on any atom is -0.382 e. The molecule has 0 heterocycles. The van der Waals surface area contributed by atoms with Gasteiger partial charge in [-0.3, -0.25) is 4.79 Å². The topological polar surface area (TPSA) is 58.6 Å². The van der Waals surface area contributed by atoms with Crippen molar-refractivity contribution in [1.82, 2.24) is 0 Å². The number of aliphatic hydroxyl groups is 1. The third-order valence-electron chi connectivity index (χ3n) is 3.91. The van der Waals surface area contributed by atoms with E-state index in [0.29, 0.717) is 29.9 Å². The van der Waals surface area contributed by atoms with E-state index in [-0.39, 0.29) is 5.78 Å². The van der Waals surface area contributed by atoms with Crippen molar-refractivity contribution >= 4 is 11.5 Å². The summed E-state index contributed by atoms with van der Waals surface area (Å²) in [7, 11) is 0. The number of benzene rings is 2. The van der Waals surface area contributed by atoms with Crippen molar-refractivity contribution in [1.29, 1.82) is 0 Å². The van der Waals surface area contributed by atoms with Crippen LogP contribution in [0.1, 0.15) is 34.0 Å². The molecule has 2 N–H and O–H groups in total. The molecule has 0 aliphatic carbocycles. The van der Waals surface area contributed by atoms with Crippen LogP contribution in [0.15, 0.2) is 54.6 Å². The van der Waals surface area contributed by atoms with Gasteiger partial charge in [0.1, 0.15) is 0 Å². The highest BCUT2D eigenvalue weighted by molar-refractivity contribution is 6.13. The van der Waals surface area contributed by atoms with Gasteiger partial charge in [0.25, 0.3) is 0 Å². The zero-order valence-electron chi connectivity index (χ0n) is 15.0. The average molecular weight is 339 g/mol. The van der Waals surface area contributed by atoms with Gasteiger partial charge in [0.05, 0.1) is 6.61 Å². The smallest absolute Gasteiger partial charge is 0.195 e. The number of ether oxygens (including phenoxy) is 1. The summed E-state index contributed by atoms with van der Waals surface area (Å²) >= 11 is 0. The van der Waals surface area contributed by atoms with E-state index in [1.807, 2.05) is 56.3 Å². The molecule has 4 heteroatoms. The van der Waals surface area contributed by atoms with Gasteiger partial charge in [0.15, 0.2) is 12.1 Å². The third-order valence-corrected chi connectivity index (χ3v) is 3.91. The van der Waals surface area contributed by atoms with E-state index in [2.05, 4.69) is 11.9 Å². The Hall–Kier alpha value is -2.43. The van der Waals surface area contributed by atoms with E-state index in [9.17, 15) is 9.90 Å². The van der Waals surface area contributed by atoms with Crippen LogP contribution in [-0.4, -0.2) is 30.3 Å². The second-order valence-electron chi connectivity index (χ2n) is 6.19. The summed E-state index contributed by atoms with van der Waals surface area (Å²) in [4.78, 5) is 12.9. The van der Waals surface area contributed by atoms with Gasteiger partial charge < -0.3 is 15.2 Å². The van der Waals surface area contributed by atoms with Crippen LogP contribution >= 0.6 is 0 Å². The van der Waals surface area contributed by atoms with Crippen molar-refractivity contribution in [3.63, 3.8) is 0 Å². The number of hydrogen-bond donors (Lipinski definition) is 2. The monoisotopic (exact) mass is 339 g/mol. The molecule has 0 aliphatic rings. The molecule has 2 aromatic rings. The fraction of sp³-hybridized carbons (Fsp3) is 0.286. The maximum Gasteiger partial charge on any atom is 0.195 e. The van der Waals surface area contributed by atoms with E-state index in [1.54, 1.807) is 6.92 Å². The molecule has 4 nitrogen and oxygen atoms in total. The molecule has 0 aromatic heterocycles. The van der Waals surface area contributed by atoms with E-state index < -0.39 is 6.29 Å². The van der Waals surface area contributed by atoms with Gasteiger partial charge in [-0.05, 0) is 44.0 Å². The number of hydrogen-bond acceptors (Lipinski definition) is 4. The molecular weight excluding hydrogens is 314 g/mol. The molecule has 2 rings (SSSR count). The summed E-state index contributed by atoms with van der Waals surface area (Å²) in [5.74, 6) is -0.0107. The van der Waals surface area contributed by atoms with E-state index in [4.69, 9.17) is 4.74 Å². The highest BCUT2D eigenvalue weighted by atomic mass is 16.6. The molecule has 0 fully saturated rings. The molecule has 0 aliphatic heterocycles. The molecular formula is C21H25NO3. The van der Waals surface area contributed by atoms with Crippen LogP contribution in [0.2, 0.25) is 0 Å². The predicted molar refractivity (Wildman–Crippen MR) is 101 cm³/mol. The number of aryl methyl sites for hydroxylation is 2. The lowest BCUT2D eigenvalue weighted by molar-refractivity contribution is -0.0677. The first-order valence-electron chi connectivity index (χ1n) is 8.30. The van der Waals surface area contributed by atoms with E-state index >= 15 is 0 Å². The van der Waals surface area contributed by atoms with Crippen molar-refractivity contribution in [3.8, 4) is 0 Å². The Morgan fingerprint density at radius 1 is 1.20 bits per heavy atom. The minimum atomic E-state index is -0.964. The maximum atomic E-state index is 12.9. The van der Waals surface area contributed by atoms with Crippen molar-refractivity contribution in [2.24, 2.45) is 0 Å². The number of ketones is 1. The Balaban J connectivity index is 2.09. The minimum absolute atomic E-state index is 0.0107. The molecule has 132 valence electrons. The summed E-state index contributed by atoms with van der Waals surface area (Å²) in [5.41, 5.74) is 4.73. The SMILES string of the molecule is C=C(C)C(O)OCCNc1ccccc1C(=O)c1ccc(C)cc1C. The van der Waals surface area contributed by atoms with Gasteiger partial charge in [-0.15, -0.1) is 0 Å². The van der Waals surface area contributed by atoms with Crippen LogP contribution in [-0.2, 0) is 4.74 Å². The van der Waals surface area contributed by atoms with Crippen LogP contribution in [0.5, 0.6) is 0 Å².